The topological polar surface area (TPSA) is 67.6 Å². The van der Waals surface area contributed by atoms with Gasteiger partial charge in [0.1, 0.15) is 5.75 Å². The number of nitrogens with two attached hydrogens (primary N) is 1. The Labute approximate surface area is 121 Å². The maximum atomic E-state index is 11.8. The van der Waals surface area contributed by atoms with E-state index in [1.165, 1.54) is 0 Å². The second-order valence-corrected chi connectivity index (χ2v) is 4.82. The number of nitrogen functional groups attached to an aromatic ring is 1. The van der Waals surface area contributed by atoms with Gasteiger partial charge in [-0.25, -0.2) is 0 Å². The summed E-state index contributed by atoms with van der Waals surface area (Å²) in [5, 5.41) is 2.93. The summed E-state index contributed by atoms with van der Waals surface area (Å²) in [5.41, 5.74) is 6.27. The molecule has 1 amide bonds. The van der Waals surface area contributed by atoms with Crippen LogP contribution < -0.4 is 15.8 Å². The highest BCUT2D eigenvalue weighted by atomic mass is 16.5. The average molecular weight is 279 g/mol. The van der Waals surface area contributed by atoms with Gasteiger partial charge in [-0.3, -0.25) is 4.79 Å². The Kier molecular flexibility index (Phi) is 6.87. The highest BCUT2D eigenvalue weighted by molar-refractivity contribution is 5.77. The Morgan fingerprint density at radius 2 is 2.10 bits per heavy atom. The van der Waals surface area contributed by atoms with Crippen LogP contribution in [0.1, 0.15) is 20.8 Å². The van der Waals surface area contributed by atoms with Crippen LogP contribution in [-0.4, -0.2) is 43.1 Å². The first-order chi connectivity index (χ1) is 9.55. The number of likely N-dealkylation sites (N-methyl/N-ethyl adjacent to an activating group) is 1. The summed E-state index contributed by atoms with van der Waals surface area (Å²) in [4.78, 5) is 14.1. The number of hydrogen-bond acceptors (Lipinski definition) is 4. The summed E-state index contributed by atoms with van der Waals surface area (Å²) in [6.07, 6.45) is 0. The van der Waals surface area contributed by atoms with E-state index in [-0.39, 0.29) is 18.6 Å². The van der Waals surface area contributed by atoms with E-state index in [4.69, 9.17) is 10.5 Å². The maximum absolute atomic E-state index is 11.8. The largest absolute Gasteiger partial charge is 0.484 e. The van der Waals surface area contributed by atoms with Gasteiger partial charge in [-0.15, -0.1) is 0 Å². The first-order valence-electron chi connectivity index (χ1n) is 7.05. The standard InChI is InChI=1S/C15H25N3O2/c1-4-18(5-2)10-12(3)17-15(19)11-20-14-8-6-7-13(16)9-14/h6-9,12H,4-5,10-11,16H2,1-3H3,(H,17,19). The van der Waals surface area contributed by atoms with E-state index in [1.54, 1.807) is 24.3 Å². The molecule has 0 heterocycles. The van der Waals surface area contributed by atoms with Crippen LogP contribution in [0.25, 0.3) is 0 Å². The molecule has 0 aliphatic rings. The fourth-order valence-corrected chi connectivity index (χ4v) is 1.98. The number of nitrogens with one attached hydrogen (secondary N) is 1. The normalized spacial score (nSPS) is 12.2. The molecule has 5 heteroatoms. The van der Waals surface area contributed by atoms with Crippen LogP contribution in [0.5, 0.6) is 5.75 Å². The number of carbonyl (C=O) groups is 1. The van der Waals surface area contributed by atoms with E-state index < -0.39 is 0 Å². The number of nitrogens with zero attached hydrogens (tertiary/aromatic N) is 1. The zero-order valence-corrected chi connectivity index (χ0v) is 12.6. The molecule has 0 radical (unpaired) electrons. The molecule has 1 aromatic carbocycles. The van der Waals surface area contributed by atoms with E-state index in [9.17, 15) is 4.79 Å². The monoisotopic (exact) mass is 279 g/mol. The van der Waals surface area contributed by atoms with Gasteiger partial charge in [0.25, 0.3) is 5.91 Å². The molecule has 20 heavy (non-hydrogen) atoms. The predicted molar refractivity (Wildman–Crippen MR) is 81.7 cm³/mol. The lowest BCUT2D eigenvalue weighted by atomic mass is 10.3. The minimum atomic E-state index is -0.118. The molecule has 0 bridgehead atoms. The van der Waals surface area contributed by atoms with E-state index in [0.717, 1.165) is 19.6 Å². The lowest BCUT2D eigenvalue weighted by Gasteiger charge is -2.23. The van der Waals surface area contributed by atoms with Crippen LogP contribution in [-0.2, 0) is 4.79 Å². The van der Waals surface area contributed by atoms with Gasteiger partial charge < -0.3 is 20.7 Å². The van der Waals surface area contributed by atoms with Crippen molar-refractivity contribution in [3.8, 4) is 5.75 Å². The van der Waals surface area contributed by atoms with Gasteiger partial charge in [0.2, 0.25) is 0 Å². The molecular formula is C15H25N3O2. The molecule has 1 atom stereocenters. The summed E-state index contributed by atoms with van der Waals surface area (Å²) >= 11 is 0. The molecule has 1 aromatic rings. The number of rotatable bonds is 8. The quantitative estimate of drug-likeness (QED) is 0.708. The number of amides is 1. The number of hydrogen-bond donors (Lipinski definition) is 2. The molecule has 0 aliphatic carbocycles. The Morgan fingerprint density at radius 1 is 1.40 bits per heavy atom. The number of benzene rings is 1. The van der Waals surface area contributed by atoms with Crippen molar-refractivity contribution in [3.05, 3.63) is 24.3 Å². The smallest absolute Gasteiger partial charge is 0.258 e. The fourth-order valence-electron chi connectivity index (χ4n) is 1.98. The lowest BCUT2D eigenvalue weighted by molar-refractivity contribution is -0.123. The van der Waals surface area contributed by atoms with E-state index in [0.29, 0.717) is 11.4 Å². The Bertz CT molecular complexity index is 419. The van der Waals surface area contributed by atoms with Crippen molar-refractivity contribution in [1.29, 1.82) is 0 Å². The summed E-state index contributed by atoms with van der Waals surface area (Å²) in [7, 11) is 0. The molecular weight excluding hydrogens is 254 g/mol. The number of carbonyl (C=O) groups excluding carboxylic acids is 1. The van der Waals surface area contributed by atoms with Gasteiger partial charge in [-0.05, 0) is 32.1 Å². The van der Waals surface area contributed by atoms with Crippen molar-refractivity contribution in [3.63, 3.8) is 0 Å². The van der Waals surface area contributed by atoms with Crippen molar-refractivity contribution < 1.29 is 9.53 Å². The second-order valence-electron chi connectivity index (χ2n) is 4.82. The number of anilines is 1. The van der Waals surface area contributed by atoms with Crippen molar-refractivity contribution in [2.24, 2.45) is 0 Å². The minimum absolute atomic E-state index is 0.00600. The third-order valence-electron chi connectivity index (χ3n) is 3.06. The molecule has 112 valence electrons. The Balaban J connectivity index is 2.32. The average Bonchev–Trinajstić information content (AvgIpc) is 2.42. The molecule has 0 aliphatic heterocycles. The molecule has 0 spiro atoms. The molecule has 0 fully saturated rings. The Hall–Kier alpha value is -1.75. The van der Waals surface area contributed by atoms with Gasteiger partial charge in [-0.1, -0.05) is 19.9 Å². The van der Waals surface area contributed by atoms with Crippen molar-refractivity contribution in [1.82, 2.24) is 10.2 Å². The third kappa shape index (κ3) is 5.93. The molecule has 0 aromatic heterocycles. The van der Waals surface area contributed by atoms with Crippen molar-refractivity contribution in [2.45, 2.75) is 26.8 Å². The van der Waals surface area contributed by atoms with Gasteiger partial charge >= 0.3 is 0 Å². The lowest BCUT2D eigenvalue weighted by Crippen LogP contribution is -2.43. The highest BCUT2D eigenvalue weighted by Crippen LogP contribution is 2.13. The molecule has 0 saturated heterocycles. The SMILES string of the molecule is CCN(CC)CC(C)NC(=O)COc1cccc(N)c1. The van der Waals surface area contributed by atoms with Crippen molar-refractivity contribution >= 4 is 11.6 Å². The molecule has 1 rings (SSSR count). The molecule has 3 N–H and O–H groups in total. The second kappa shape index (κ2) is 8.43. The van der Waals surface area contributed by atoms with Gasteiger partial charge in [-0.2, -0.15) is 0 Å². The molecule has 5 nitrogen and oxygen atoms in total. The summed E-state index contributed by atoms with van der Waals surface area (Å²) in [5.74, 6) is 0.489. The zero-order chi connectivity index (χ0) is 15.0. The van der Waals surface area contributed by atoms with Crippen molar-refractivity contribution in [2.75, 3.05) is 32.0 Å². The highest BCUT2D eigenvalue weighted by Gasteiger charge is 2.10. The van der Waals surface area contributed by atoms with Crippen LogP contribution in [0.4, 0.5) is 5.69 Å². The van der Waals surface area contributed by atoms with Crippen LogP contribution >= 0.6 is 0 Å². The van der Waals surface area contributed by atoms with Gasteiger partial charge in [0.15, 0.2) is 6.61 Å². The summed E-state index contributed by atoms with van der Waals surface area (Å²) in [6.45, 7) is 9.04. The Morgan fingerprint density at radius 3 is 2.70 bits per heavy atom. The van der Waals surface area contributed by atoms with Gasteiger partial charge in [0, 0.05) is 24.3 Å². The molecule has 0 saturated carbocycles. The third-order valence-corrected chi connectivity index (χ3v) is 3.06. The van der Waals surface area contributed by atoms with Crippen LogP contribution in [0.3, 0.4) is 0 Å². The maximum Gasteiger partial charge on any atom is 0.258 e. The molecule has 1 unspecified atom stereocenters. The van der Waals surface area contributed by atoms with Crippen LogP contribution in [0.15, 0.2) is 24.3 Å². The first kappa shape index (κ1) is 16.3. The fraction of sp³-hybridized carbons (Fsp3) is 0.533. The van der Waals surface area contributed by atoms with Crippen LogP contribution in [0, 0.1) is 0 Å². The van der Waals surface area contributed by atoms with E-state index in [1.807, 2.05) is 6.92 Å². The predicted octanol–water partition coefficient (Wildman–Crippen LogP) is 1.49. The zero-order valence-electron chi connectivity index (χ0n) is 12.6. The van der Waals surface area contributed by atoms with E-state index >= 15 is 0 Å². The summed E-state index contributed by atoms with van der Waals surface area (Å²) < 4.78 is 5.40. The first-order valence-corrected chi connectivity index (χ1v) is 7.05. The van der Waals surface area contributed by atoms with Gasteiger partial charge in [0.05, 0.1) is 0 Å². The number of ether oxygens (including phenoxy) is 1. The summed E-state index contributed by atoms with van der Waals surface area (Å²) in [6, 6.07) is 7.16. The van der Waals surface area contributed by atoms with E-state index in [2.05, 4.69) is 24.1 Å². The minimum Gasteiger partial charge on any atom is -0.484 e. The van der Waals surface area contributed by atoms with Crippen LogP contribution in [0.2, 0.25) is 0 Å².